The topological polar surface area (TPSA) is 40.9 Å². The molecule has 0 amide bonds. The molecule has 0 saturated carbocycles. The molecule has 0 radical (unpaired) electrons. The summed E-state index contributed by atoms with van der Waals surface area (Å²) in [4.78, 5) is 11.5. The van der Waals surface area contributed by atoms with Crippen molar-refractivity contribution in [1.29, 1.82) is 5.26 Å². The van der Waals surface area contributed by atoms with Crippen LogP contribution >= 0.6 is 0 Å². The summed E-state index contributed by atoms with van der Waals surface area (Å²) in [7, 11) is 0. The van der Waals surface area contributed by atoms with E-state index in [1.54, 1.807) is 6.92 Å². The first-order valence-electron chi connectivity index (χ1n) is 4.68. The highest BCUT2D eigenvalue weighted by Crippen LogP contribution is 2.20. The van der Waals surface area contributed by atoms with Crippen LogP contribution in [0.3, 0.4) is 0 Å². The van der Waals surface area contributed by atoms with E-state index < -0.39 is 5.92 Å². The molecule has 0 fully saturated rings. The van der Waals surface area contributed by atoms with Crippen molar-refractivity contribution in [1.82, 2.24) is 0 Å². The molecule has 0 heterocycles. The molecule has 0 bridgehead atoms. The maximum atomic E-state index is 11.5. The third-order valence-corrected chi connectivity index (χ3v) is 2.30. The molecular formula is C12H13NO. The van der Waals surface area contributed by atoms with E-state index in [-0.39, 0.29) is 5.78 Å². The zero-order chi connectivity index (χ0) is 10.6. The summed E-state index contributed by atoms with van der Waals surface area (Å²) in [6.45, 7) is 3.70. The standard InChI is InChI=1S/C12H13NO/c1-3-12(14)11(8-13)10-7-5-4-6-9(10)2/h4-7,11H,3H2,1-2H3/t11-/m0/s1. The summed E-state index contributed by atoms with van der Waals surface area (Å²) in [5.74, 6) is -0.608. The summed E-state index contributed by atoms with van der Waals surface area (Å²) in [6, 6.07) is 9.59. The first-order valence-corrected chi connectivity index (χ1v) is 4.68. The van der Waals surface area contributed by atoms with Gasteiger partial charge in [0.05, 0.1) is 6.07 Å². The van der Waals surface area contributed by atoms with Crippen molar-refractivity contribution >= 4 is 5.78 Å². The van der Waals surface area contributed by atoms with Crippen molar-refractivity contribution < 1.29 is 4.79 Å². The van der Waals surface area contributed by atoms with Gasteiger partial charge in [0.1, 0.15) is 5.92 Å². The molecule has 1 atom stereocenters. The number of nitriles is 1. The lowest BCUT2D eigenvalue weighted by molar-refractivity contribution is -0.119. The van der Waals surface area contributed by atoms with E-state index in [9.17, 15) is 4.79 Å². The van der Waals surface area contributed by atoms with Crippen LogP contribution in [0.25, 0.3) is 0 Å². The molecule has 0 saturated heterocycles. The molecular weight excluding hydrogens is 174 g/mol. The lowest BCUT2D eigenvalue weighted by Crippen LogP contribution is -2.10. The summed E-state index contributed by atoms with van der Waals surface area (Å²) in [6.07, 6.45) is 0.409. The van der Waals surface area contributed by atoms with Gasteiger partial charge in [0.2, 0.25) is 0 Å². The van der Waals surface area contributed by atoms with Crippen molar-refractivity contribution in [2.24, 2.45) is 0 Å². The number of carbonyl (C=O) groups is 1. The maximum Gasteiger partial charge on any atom is 0.154 e. The lowest BCUT2D eigenvalue weighted by Gasteiger charge is -2.09. The van der Waals surface area contributed by atoms with Gasteiger partial charge in [0.25, 0.3) is 0 Å². The van der Waals surface area contributed by atoms with E-state index in [0.717, 1.165) is 11.1 Å². The first kappa shape index (κ1) is 10.5. The Kier molecular flexibility index (Phi) is 3.41. The average molecular weight is 187 g/mol. The largest absolute Gasteiger partial charge is 0.298 e. The van der Waals surface area contributed by atoms with Gasteiger partial charge in [-0.05, 0) is 18.1 Å². The third kappa shape index (κ3) is 2.00. The maximum absolute atomic E-state index is 11.5. The lowest BCUT2D eigenvalue weighted by atomic mass is 9.91. The number of rotatable bonds is 3. The second kappa shape index (κ2) is 4.57. The zero-order valence-electron chi connectivity index (χ0n) is 8.45. The second-order valence-corrected chi connectivity index (χ2v) is 3.24. The van der Waals surface area contributed by atoms with Crippen LogP contribution in [0.15, 0.2) is 24.3 Å². The molecule has 1 rings (SSSR count). The number of ketones is 1. The van der Waals surface area contributed by atoms with Crippen LogP contribution in [0.5, 0.6) is 0 Å². The van der Waals surface area contributed by atoms with Gasteiger partial charge in [-0.2, -0.15) is 5.26 Å². The van der Waals surface area contributed by atoms with E-state index in [4.69, 9.17) is 5.26 Å². The Hall–Kier alpha value is -1.62. The smallest absolute Gasteiger partial charge is 0.154 e. The van der Waals surface area contributed by atoms with Crippen LogP contribution in [0.4, 0.5) is 0 Å². The first-order chi connectivity index (χ1) is 6.70. The average Bonchev–Trinajstić information content (AvgIpc) is 2.21. The fourth-order valence-corrected chi connectivity index (χ4v) is 1.43. The van der Waals surface area contributed by atoms with Crippen LogP contribution in [0.1, 0.15) is 30.4 Å². The van der Waals surface area contributed by atoms with Gasteiger partial charge in [0.15, 0.2) is 5.78 Å². The molecule has 1 aromatic rings. The van der Waals surface area contributed by atoms with Crippen LogP contribution in [-0.2, 0) is 4.79 Å². The molecule has 0 N–H and O–H groups in total. The van der Waals surface area contributed by atoms with Crippen molar-refractivity contribution in [2.45, 2.75) is 26.2 Å². The van der Waals surface area contributed by atoms with Crippen LogP contribution < -0.4 is 0 Å². The highest BCUT2D eigenvalue weighted by molar-refractivity contribution is 5.88. The Morgan fingerprint density at radius 2 is 2.14 bits per heavy atom. The Morgan fingerprint density at radius 1 is 1.50 bits per heavy atom. The van der Waals surface area contributed by atoms with Gasteiger partial charge < -0.3 is 0 Å². The van der Waals surface area contributed by atoms with Gasteiger partial charge in [-0.15, -0.1) is 0 Å². The molecule has 14 heavy (non-hydrogen) atoms. The Balaban J connectivity index is 3.09. The van der Waals surface area contributed by atoms with Crippen LogP contribution in [0, 0.1) is 18.3 Å². The van der Waals surface area contributed by atoms with Gasteiger partial charge in [-0.1, -0.05) is 31.2 Å². The molecule has 0 spiro atoms. The van der Waals surface area contributed by atoms with Crippen LogP contribution in [-0.4, -0.2) is 5.78 Å². The number of hydrogen-bond acceptors (Lipinski definition) is 2. The summed E-state index contributed by atoms with van der Waals surface area (Å²) >= 11 is 0. The second-order valence-electron chi connectivity index (χ2n) is 3.24. The number of aryl methyl sites for hydroxylation is 1. The summed E-state index contributed by atoms with van der Waals surface area (Å²) in [5.41, 5.74) is 1.84. The number of carbonyl (C=O) groups excluding carboxylic acids is 1. The predicted molar refractivity (Wildman–Crippen MR) is 54.8 cm³/mol. The van der Waals surface area contributed by atoms with Gasteiger partial charge in [-0.3, -0.25) is 4.79 Å². The van der Waals surface area contributed by atoms with Gasteiger partial charge in [-0.25, -0.2) is 0 Å². The van der Waals surface area contributed by atoms with E-state index in [0.29, 0.717) is 6.42 Å². The Morgan fingerprint density at radius 3 is 2.64 bits per heavy atom. The molecule has 2 nitrogen and oxygen atoms in total. The summed E-state index contributed by atoms with van der Waals surface area (Å²) < 4.78 is 0. The van der Waals surface area contributed by atoms with E-state index >= 15 is 0 Å². The van der Waals surface area contributed by atoms with E-state index in [1.807, 2.05) is 31.2 Å². The quantitative estimate of drug-likeness (QED) is 0.729. The molecule has 0 aliphatic carbocycles. The van der Waals surface area contributed by atoms with Crippen molar-refractivity contribution in [3.05, 3.63) is 35.4 Å². The monoisotopic (exact) mass is 187 g/mol. The van der Waals surface area contributed by atoms with Gasteiger partial charge in [0, 0.05) is 6.42 Å². The molecule has 0 aliphatic rings. The fraction of sp³-hybridized carbons (Fsp3) is 0.333. The number of benzene rings is 1. The van der Waals surface area contributed by atoms with Gasteiger partial charge >= 0.3 is 0 Å². The number of nitrogens with zero attached hydrogens (tertiary/aromatic N) is 1. The Bertz CT molecular complexity index is 376. The van der Waals surface area contributed by atoms with Crippen molar-refractivity contribution in [3.63, 3.8) is 0 Å². The van der Waals surface area contributed by atoms with Crippen molar-refractivity contribution in [3.8, 4) is 6.07 Å². The summed E-state index contributed by atoms with van der Waals surface area (Å²) in [5, 5.41) is 8.93. The van der Waals surface area contributed by atoms with Crippen LogP contribution in [0.2, 0.25) is 0 Å². The fourth-order valence-electron chi connectivity index (χ4n) is 1.43. The predicted octanol–water partition coefficient (Wildman–Crippen LogP) is 2.58. The normalized spacial score (nSPS) is 11.8. The molecule has 1 aromatic carbocycles. The number of hydrogen-bond donors (Lipinski definition) is 0. The minimum Gasteiger partial charge on any atom is -0.298 e. The molecule has 2 heteroatoms. The SMILES string of the molecule is CCC(=O)[C@@H](C#N)c1ccccc1C. The minimum atomic E-state index is -0.596. The molecule has 0 aromatic heterocycles. The highest BCUT2D eigenvalue weighted by atomic mass is 16.1. The third-order valence-electron chi connectivity index (χ3n) is 2.30. The zero-order valence-corrected chi connectivity index (χ0v) is 8.45. The van der Waals surface area contributed by atoms with Crippen molar-refractivity contribution in [2.75, 3.05) is 0 Å². The molecule has 0 unspecified atom stereocenters. The minimum absolute atomic E-state index is 0.0122. The van der Waals surface area contributed by atoms with E-state index in [2.05, 4.69) is 6.07 Å². The Labute approximate surface area is 84.2 Å². The molecule has 72 valence electrons. The molecule has 0 aliphatic heterocycles. The number of Topliss-reactive ketones (excluding diaryl/α,β-unsaturated/α-hetero) is 1. The highest BCUT2D eigenvalue weighted by Gasteiger charge is 2.19. The van der Waals surface area contributed by atoms with E-state index in [1.165, 1.54) is 0 Å².